The zero-order valence-electron chi connectivity index (χ0n) is 10.9. The Morgan fingerprint density at radius 3 is 2.44 bits per heavy atom. The first-order valence-corrected chi connectivity index (χ1v) is 6.35. The highest BCUT2D eigenvalue weighted by Gasteiger charge is 2.15. The summed E-state index contributed by atoms with van der Waals surface area (Å²) in [6.45, 7) is 5.02. The van der Waals surface area contributed by atoms with Gasteiger partial charge >= 0.3 is 0 Å². The van der Waals surface area contributed by atoms with Crippen molar-refractivity contribution in [3.8, 4) is 0 Å². The van der Waals surface area contributed by atoms with E-state index in [2.05, 4.69) is 29.4 Å². The van der Waals surface area contributed by atoms with Gasteiger partial charge in [0.05, 0.1) is 6.54 Å². The molecule has 0 spiro atoms. The molecule has 0 saturated carbocycles. The first kappa shape index (κ1) is 12.5. The molecule has 2 aromatic rings. The van der Waals surface area contributed by atoms with Crippen LogP contribution in [0, 0.1) is 0 Å². The summed E-state index contributed by atoms with van der Waals surface area (Å²) in [5, 5.41) is 12.0. The Morgan fingerprint density at radius 2 is 1.83 bits per heavy atom. The van der Waals surface area contributed by atoms with Crippen molar-refractivity contribution in [3.05, 3.63) is 35.7 Å². The number of benzene rings is 1. The van der Waals surface area contributed by atoms with Crippen LogP contribution in [0.3, 0.4) is 0 Å². The van der Waals surface area contributed by atoms with Gasteiger partial charge in [-0.1, -0.05) is 26.0 Å². The largest absolute Gasteiger partial charge is 0.399 e. The monoisotopic (exact) mass is 245 g/mol. The molecule has 1 aromatic heterocycles. The van der Waals surface area contributed by atoms with Crippen molar-refractivity contribution in [2.75, 3.05) is 5.73 Å². The van der Waals surface area contributed by atoms with Crippen molar-refractivity contribution in [2.45, 2.75) is 39.2 Å². The molecule has 0 aliphatic heterocycles. The van der Waals surface area contributed by atoms with Gasteiger partial charge in [-0.25, -0.2) is 4.68 Å². The van der Waals surface area contributed by atoms with Gasteiger partial charge in [-0.15, -0.1) is 5.10 Å². The summed E-state index contributed by atoms with van der Waals surface area (Å²) in [6, 6.07) is 7.81. The Morgan fingerprint density at radius 1 is 1.17 bits per heavy atom. The highest BCUT2D eigenvalue weighted by molar-refractivity contribution is 5.39. The van der Waals surface area contributed by atoms with E-state index in [9.17, 15) is 0 Å². The summed E-state index contributed by atoms with van der Waals surface area (Å²) in [5.74, 6) is 1.39. The van der Waals surface area contributed by atoms with E-state index in [0.717, 1.165) is 29.9 Å². The van der Waals surface area contributed by atoms with Crippen molar-refractivity contribution in [2.24, 2.45) is 0 Å². The number of hydrogen-bond acceptors (Lipinski definition) is 4. The van der Waals surface area contributed by atoms with Crippen molar-refractivity contribution < 1.29 is 0 Å². The van der Waals surface area contributed by atoms with E-state index in [1.54, 1.807) is 0 Å². The number of hydrogen-bond donors (Lipinski definition) is 1. The molecule has 1 aromatic carbocycles. The van der Waals surface area contributed by atoms with Gasteiger partial charge in [0.1, 0.15) is 0 Å². The Bertz CT molecular complexity index is 484. The molecule has 96 valence electrons. The van der Waals surface area contributed by atoms with Crippen LogP contribution >= 0.6 is 0 Å². The smallest absolute Gasteiger partial charge is 0.154 e. The molecule has 0 unspecified atom stereocenters. The minimum absolute atomic E-state index is 0.425. The molecule has 0 bridgehead atoms. The molecule has 0 amide bonds. The first-order valence-electron chi connectivity index (χ1n) is 6.35. The SMILES string of the molecule is CCC(CC)c1nnnn1Cc1ccc(N)cc1. The topological polar surface area (TPSA) is 69.6 Å². The molecule has 5 nitrogen and oxygen atoms in total. The van der Waals surface area contributed by atoms with E-state index in [-0.39, 0.29) is 0 Å². The van der Waals surface area contributed by atoms with Crippen LogP contribution in [0.1, 0.15) is 44.0 Å². The minimum Gasteiger partial charge on any atom is -0.399 e. The van der Waals surface area contributed by atoms with Gasteiger partial charge in [0.2, 0.25) is 0 Å². The van der Waals surface area contributed by atoms with Crippen LogP contribution in [-0.4, -0.2) is 20.2 Å². The number of nitrogens with zero attached hydrogens (tertiary/aromatic N) is 4. The Kier molecular flexibility index (Phi) is 3.92. The maximum atomic E-state index is 5.67. The molecule has 0 aliphatic rings. The molecule has 0 fully saturated rings. The molecule has 18 heavy (non-hydrogen) atoms. The van der Waals surface area contributed by atoms with E-state index in [0.29, 0.717) is 12.5 Å². The number of rotatable bonds is 5. The van der Waals surface area contributed by atoms with Crippen LogP contribution in [0.2, 0.25) is 0 Å². The molecule has 5 heteroatoms. The van der Waals surface area contributed by atoms with Gasteiger partial charge in [-0.2, -0.15) is 0 Å². The van der Waals surface area contributed by atoms with Gasteiger partial charge < -0.3 is 5.73 Å². The minimum atomic E-state index is 0.425. The highest BCUT2D eigenvalue weighted by atomic mass is 15.5. The second-order valence-electron chi connectivity index (χ2n) is 4.45. The predicted octanol–water partition coefficient (Wildman–Crippen LogP) is 2.21. The lowest BCUT2D eigenvalue weighted by Gasteiger charge is -2.12. The zero-order chi connectivity index (χ0) is 13.0. The quantitative estimate of drug-likeness (QED) is 0.820. The van der Waals surface area contributed by atoms with Crippen molar-refractivity contribution >= 4 is 5.69 Å². The lowest BCUT2D eigenvalue weighted by atomic mass is 10.0. The summed E-state index contributed by atoms with van der Waals surface area (Å²) in [6.07, 6.45) is 2.11. The van der Waals surface area contributed by atoms with Crippen molar-refractivity contribution in [1.29, 1.82) is 0 Å². The van der Waals surface area contributed by atoms with E-state index in [1.165, 1.54) is 0 Å². The normalized spacial score (nSPS) is 11.1. The van der Waals surface area contributed by atoms with Crippen molar-refractivity contribution in [1.82, 2.24) is 20.2 Å². The molecule has 2 rings (SSSR count). The molecule has 0 radical (unpaired) electrons. The molecular formula is C13H19N5. The van der Waals surface area contributed by atoms with E-state index >= 15 is 0 Å². The summed E-state index contributed by atoms with van der Waals surface area (Å²) in [5.41, 5.74) is 7.60. The van der Waals surface area contributed by atoms with Crippen LogP contribution in [0.5, 0.6) is 0 Å². The third kappa shape index (κ3) is 2.67. The predicted molar refractivity (Wildman–Crippen MR) is 71.1 cm³/mol. The summed E-state index contributed by atoms with van der Waals surface area (Å²) < 4.78 is 1.88. The van der Waals surface area contributed by atoms with Crippen LogP contribution < -0.4 is 5.73 Å². The second-order valence-corrected chi connectivity index (χ2v) is 4.45. The summed E-state index contributed by atoms with van der Waals surface area (Å²) in [4.78, 5) is 0. The average Bonchev–Trinajstić information content (AvgIpc) is 2.82. The second kappa shape index (κ2) is 5.62. The van der Waals surface area contributed by atoms with Gasteiger partial charge in [-0.05, 0) is 41.0 Å². The summed E-state index contributed by atoms with van der Waals surface area (Å²) >= 11 is 0. The first-order chi connectivity index (χ1) is 8.74. The Hall–Kier alpha value is -1.91. The maximum absolute atomic E-state index is 5.67. The molecule has 1 heterocycles. The average molecular weight is 245 g/mol. The Balaban J connectivity index is 2.19. The molecule has 0 aliphatic carbocycles. The van der Waals surface area contributed by atoms with Crippen LogP contribution in [0.15, 0.2) is 24.3 Å². The van der Waals surface area contributed by atoms with Crippen LogP contribution in [0.25, 0.3) is 0 Å². The number of tetrazole rings is 1. The van der Waals surface area contributed by atoms with E-state index in [1.807, 2.05) is 28.9 Å². The maximum Gasteiger partial charge on any atom is 0.154 e. The fourth-order valence-corrected chi connectivity index (χ4v) is 2.07. The third-order valence-electron chi connectivity index (χ3n) is 3.22. The lowest BCUT2D eigenvalue weighted by Crippen LogP contribution is -2.11. The van der Waals surface area contributed by atoms with Crippen molar-refractivity contribution in [3.63, 3.8) is 0 Å². The third-order valence-corrected chi connectivity index (χ3v) is 3.22. The summed E-state index contributed by atoms with van der Waals surface area (Å²) in [7, 11) is 0. The van der Waals surface area contributed by atoms with Gasteiger partial charge in [-0.3, -0.25) is 0 Å². The fourth-order valence-electron chi connectivity index (χ4n) is 2.07. The Labute approximate surface area is 107 Å². The van der Waals surface area contributed by atoms with Gasteiger partial charge in [0, 0.05) is 11.6 Å². The molecular weight excluding hydrogens is 226 g/mol. The zero-order valence-corrected chi connectivity index (χ0v) is 10.9. The van der Waals surface area contributed by atoms with E-state index < -0.39 is 0 Å². The van der Waals surface area contributed by atoms with Gasteiger partial charge in [0.25, 0.3) is 0 Å². The van der Waals surface area contributed by atoms with E-state index in [4.69, 9.17) is 5.73 Å². The number of aromatic nitrogens is 4. The number of nitrogen functional groups attached to an aromatic ring is 1. The standard InChI is InChI=1S/C13H19N5/c1-3-11(4-2)13-15-16-17-18(13)9-10-5-7-12(14)8-6-10/h5-8,11H,3-4,9,14H2,1-2H3. The van der Waals surface area contributed by atoms with Gasteiger partial charge in [0.15, 0.2) is 5.82 Å². The molecule has 2 N–H and O–H groups in total. The van der Waals surface area contributed by atoms with Crippen LogP contribution in [0.4, 0.5) is 5.69 Å². The fraction of sp³-hybridized carbons (Fsp3) is 0.462. The molecule has 0 atom stereocenters. The molecule has 0 saturated heterocycles. The van der Waals surface area contributed by atoms with Crippen LogP contribution in [-0.2, 0) is 6.54 Å². The lowest BCUT2D eigenvalue weighted by molar-refractivity contribution is 0.536. The highest BCUT2D eigenvalue weighted by Crippen LogP contribution is 2.20. The number of nitrogens with two attached hydrogens (primary N) is 1. The number of anilines is 1.